The van der Waals surface area contributed by atoms with Gasteiger partial charge in [-0.1, -0.05) is 6.58 Å². The molecule has 1 fully saturated rings. The SMILES string of the molecule is C=CC(=O)N1CCC(C)(C(=O)Nc2cnc(OC)c(C)c2)C1. The van der Waals surface area contributed by atoms with Crippen LogP contribution in [-0.2, 0) is 9.59 Å². The third kappa shape index (κ3) is 3.10. The van der Waals surface area contributed by atoms with Gasteiger partial charge in [0.15, 0.2) is 0 Å². The van der Waals surface area contributed by atoms with Gasteiger partial charge in [-0.3, -0.25) is 9.59 Å². The Morgan fingerprint density at radius 2 is 2.27 bits per heavy atom. The summed E-state index contributed by atoms with van der Waals surface area (Å²) in [7, 11) is 1.55. The summed E-state index contributed by atoms with van der Waals surface area (Å²) in [5.74, 6) is 0.282. The zero-order valence-corrected chi connectivity index (χ0v) is 13.2. The van der Waals surface area contributed by atoms with Gasteiger partial charge < -0.3 is 15.0 Å². The number of aromatic nitrogens is 1. The van der Waals surface area contributed by atoms with E-state index in [1.165, 1.54) is 6.08 Å². The second-order valence-electron chi connectivity index (χ2n) is 5.78. The molecule has 1 aromatic rings. The Labute approximate surface area is 130 Å². The largest absolute Gasteiger partial charge is 0.481 e. The molecule has 22 heavy (non-hydrogen) atoms. The van der Waals surface area contributed by atoms with E-state index >= 15 is 0 Å². The zero-order chi connectivity index (χ0) is 16.3. The molecule has 0 aromatic carbocycles. The summed E-state index contributed by atoms with van der Waals surface area (Å²) >= 11 is 0. The molecular weight excluding hydrogens is 282 g/mol. The molecule has 1 aromatic heterocycles. The number of methoxy groups -OCH3 is 1. The lowest BCUT2D eigenvalue weighted by atomic mass is 9.88. The Hall–Kier alpha value is -2.37. The third-order valence-electron chi connectivity index (χ3n) is 3.99. The van der Waals surface area contributed by atoms with E-state index in [0.29, 0.717) is 31.1 Å². The lowest BCUT2D eigenvalue weighted by Gasteiger charge is -2.23. The first-order valence-electron chi connectivity index (χ1n) is 7.13. The summed E-state index contributed by atoms with van der Waals surface area (Å²) in [5, 5.41) is 2.87. The van der Waals surface area contributed by atoms with E-state index in [1.54, 1.807) is 18.2 Å². The molecule has 2 heterocycles. The van der Waals surface area contributed by atoms with Crippen LogP contribution in [0.1, 0.15) is 18.9 Å². The number of hydrogen-bond donors (Lipinski definition) is 1. The second kappa shape index (κ2) is 6.17. The van der Waals surface area contributed by atoms with Crippen molar-refractivity contribution in [3.63, 3.8) is 0 Å². The maximum absolute atomic E-state index is 12.5. The van der Waals surface area contributed by atoms with Crippen LogP contribution in [0.2, 0.25) is 0 Å². The maximum atomic E-state index is 12.5. The Balaban J connectivity index is 2.07. The molecule has 1 aliphatic rings. The van der Waals surface area contributed by atoms with Crippen molar-refractivity contribution in [1.29, 1.82) is 0 Å². The molecule has 1 N–H and O–H groups in total. The zero-order valence-electron chi connectivity index (χ0n) is 13.2. The molecular formula is C16H21N3O3. The summed E-state index contributed by atoms with van der Waals surface area (Å²) in [4.78, 5) is 30.0. The highest BCUT2D eigenvalue weighted by Crippen LogP contribution is 2.31. The highest BCUT2D eigenvalue weighted by molar-refractivity contribution is 5.96. The standard InChI is InChI=1S/C16H21N3O3/c1-5-13(20)19-7-6-16(3,10-19)15(21)18-12-8-11(2)14(22-4)17-9-12/h5,8-9H,1,6-7,10H2,2-4H3,(H,18,21). The van der Waals surface area contributed by atoms with Crippen molar-refractivity contribution in [2.24, 2.45) is 5.41 Å². The van der Waals surface area contributed by atoms with Crippen molar-refractivity contribution in [2.45, 2.75) is 20.3 Å². The molecule has 1 unspecified atom stereocenters. The van der Waals surface area contributed by atoms with Crippen LogP contribution in [0.4, 0.5) is 5.69 Å². The predicted octanol–water partition coefficient (Wildman–Crippen LogP) is 1.76. The highest BCUT2D eigenvalue weighted by atomic mass is 16.5. The number of carbonyl (C=O) groups is 2. The Morgan fingerprint density at radius 3 is 2.86 bits per heavy atom. The molecule has 1 atom stereocenters. The van der Waals surface area contributed by atoms with Crippen LogP contribution in [0.15, 0.2) is 24.9 Å². The first-order valence-corrected chi connectivity index (χ1v) is 7.13. The average Bonchev–Trinajstić information content (AvgIpc) is 2.90. The van der Waals surface area contributed by atoms with Crippen molar-refractivity contribution >= 4 is 17.5 Å². The van der Waals surface area contributed by atoms with E-state index in [1.807, 2.05) is 19.9 Å². The lowest BCUT2D eigenvalue weighted by Crippen LogP contribution is -2.37. The Kier molecular flexibility index (Phi) is 4.49. The normalized spacial score (nSPS) is 20.6. The molecule has 6 heteroatoms. The number of hydrogen-bond acceptors (Lipinski definition) is 4. The number of amides is 2. The van der Waals surface area contributed by atoms with E-state index in [9.17, 15) is 9.59 Å². The average molecular weight is 303 g/mol. The van der Waals surface area contributed by atoms with Crippen molar-refractivity contribution in [2.75, 3.05) is 25.5 Å². The van der Waals surface area contributed by atoms with Gasteiger partial charge >= 0.3 is 0 Å². The second-order valence-corrected chi connectivity index (χ2v) is 5.78. The fourth-order valence-corrected chi connectivity index (χ4v) is 2.59. The van der Waals surface area contributed by atoms with Crippen molar-refractivity contribution in [1.82, 2.24) is 9.88 Å². The van der Waals surface area contributed by atoms with Crippen LogP contribution < -0.4 is 10.1 Å². The number of aryl methyl sites for hydroxylation is 1. The molecule has 0 radical (unpaired) electrons. The minimum atomic E-state index is -0.605. The van der Waals surface area contributed by atoms with Gasteiger partial charge in [0.1, 0.15) is 0 Å². The van der Waals surface area contributed by atoms with Gasteiger partial charge in [0, 0.05) is 18.7 Å². The van der Waals surface area contributed by atoms with Crippen molar-refractivity contribution < 1.29 is 14.3 Å². The van der Waals surface area contributed by atoms with Gasteiger partial charge in [-0.2, -0.15) is 0 Å². The first-order chi connectivity index (χ1) is 10.4. The quantitative estimate of drug-likeness (QED) is 0.860. The van der Waals surface area contributed by atoms with E-state index < -0.39 is 5.41 Å². The fraction of sp³-hybridized carbons (Fsp3) is 0.438. The summed E-state index contributed by atoms with van der Waals surface area (Å²) in [6.45, 7) is 8.17. The smallest absolute Gasteiger partial charge is 0.245 e. The summed E-state index contributed by atoms with van der Waals surface area (Å²) < 4.78 is 5.10. The van der Waals surface area contributed by atoms with Gasteiger partial charge in [-0.05, 0) is 32.4 Å². The van der Waals surface area contributed by atoms with Crippen LogP contribution >= 0.6 is 0 Å². The minimum Gasteiger partial charge on any atom is -0.481 e. The number of anilines is 1. The van der Waals surface area contributed by atoms with Crippen molar-refractivity contribution in [3.05, 3.63) is 30.5 Å². The van der Waals surface area contributed by atoms with E-state index in [4.69, 9.17) is 4.74 Å². The molecule has 6 nitrogen and oxygen atoms in total. The topological polar surface area (TPSA) is 71.5 Å². The first kappa shape index (κ1) is 16.0. The number of ether oxygens (including phenoxy) is 1. The molecule has 2 amide bonds. The maximum Gasteiger partial charge on any atom is 0.245 e. The highest BCUT2D eigenvalue weighted by Gasteiger charge is 2.41. The van der Waals surface area contributed by atoms with Gasteiger partial charge in [0.2, 0.25) is 17.7 Å². The van der Waals surface area contributed by atoms with Gasteiger partial charge in [-0.15, -0.1) is 0 Å². The molecule has 2 rings (SSSR count). The van der Waals surface area contributed by atoms with E-state index in [-0.39, 0.29) is 11.8 Å². The van der Waals surface area contributed by atoms with Gasteiger partial charge in [0.25, 0.3) is 0 Å². The van der Waals surface area contributed by atoms with Crippen LogP contribution in [0, 0.1) is 12.3 Å². The number of nitrogens with one attached hydrogen (secondary N) is 1. The van der Waals surface area contributed by atoms with E-state index in [0.717, 1.165) is 5.56 Å². The number of rotatable bonds is 4. The Bertz CT molecular complexity index is 615. The van der Waals surface area contributed by atoms with Gasteiger partial charge in [0.05, 0.1) is 24.4 Å². The summed E-state index contributed by atoms with van der Waals surface area (Å²) in [5.41, 5.74) is 0.866. The monoisotopic (exact) mass is 303 g/mol. The van der Waals surface area contributed by atoms with Crippen molar-refractivity contribution in [3.8, 4) is 5.88 Å². The summed E-state index contributed by atoms with van der Waals surface area (Å²) in [6.07, 6.45) is 3.47. The van der Waals surface area contributed by atoms with Gasteiger partial charge in [-0.25, -0.2) is 4.98 Å². The minimum absolute atomic E-state index is 0.113. The molecule has 0 saturated carbocycles. The van der Waals surface area contributed by atoms with Crippen LogP contribution in [0.5, 0.6) is 5.88 Å². The van der Waals surface area contributed by atoms with Crippen LogP contribution in [-0.4, -0.2) is 41.9 Å². The molecule has 1 aliphatic heterocycles. The molecule has 0 bridgehead atoms. The number of nitrogens with zero attached hydrogens (tertiary/aromatic N) is 2. The molecule has 118 valence electrons. The number of likely N-dealkylation sites (tertiary alicyclic amines) is 1. The molecule has 0 spiro atoms. The van der Waals surface area contributed by atoms with E-state index in [2.05, 4.69) is 16.9 Å². The third-order valence-corrected chi connectivity index (χ3v) is 3.99. The van der Waals surface area contributed by atoms with Crippen LogP contribution in [0.3, 0.4) is 0 Å². The van der Waals surface area contributed by atoms with Crippen LogP contribution in [0.25, 0.3) is 0 Å². The molecule has 1 saturated heterocycles. The number of carbonyl (C=O) groups excluding carboxylic acids is 2. The fourth-order valence-electron chi connectivity index (χ4n) is 2.59. The number of pyridine rings is 1. The predicted molar refractivity (Wildman–Crippen MR) is 83.7 cm³/mol. The summed E-state index contributed by atoms with van der Waals surface area (Å²) in [6, 6.07) is 1.81. The molecule has 0 aliphatic carbocycles. The Morgan fingerprint density at radius 1 is 1.55 bits per heavy atom. The lowest BCUT2D eigenvalue weighted by molar-refractivity contribution is -0.127.